The first-order valence-corrected chi connectivity index (χ1v) is 5.64. The van der Waals surface area contributed by atoms with Gasteiger partial charge in [-0.3, -0.25) is 0 Å². The highest BCUT2D eigenvalue weighted by atomic mass is 19.1. The zero-order valence-corrected chi connectivity index (χ0v) is 9.52. The molecular formula is C12H13FN4. The van der Waals surface area contributed by atoms with Crippen LogP contribution in [-0.4, -0.2) is 14.8 Å². The van der Waals surface area contributed by atoms with Gasteiger partial charge in [0.1, 0.15) is 11.6 Å². The zero-order valence-electron chi connectivity index (χ0n) is 9.52. The standard InChI is InChI=1S/C12H13FN4/c1-7(14)11-15-16-12-10-6-9(13)3-2-8(10)4-5-17(11)12/h2-3,6-7H,4-5,14H2,1H3. The molecule has 1 unspecified atom stereocenters. The third-order valence-electron chi connectivity index (χ3n) is 3.10. The van der Waals surface area contributed by atoms with Gasteiger partial charge in [-0.15, -0.1) is 10.2 Å². The molecule has 5 heteroatoms. The van der Waals surface area contributed by atoms with Gasteiger partial charge in [0.15, 0.2) is 5.82 Å². The van der Waals surface area contributed by atoms with Crippen LogP contribution in [0.5, 0.6) is 0 Å². The van der Waals surface area contributed by atoms with E-state index in [-0.39, 0.29) is 11.9 Å². The predicted molar refractivity (Wildman–Crippen MR) is 61.7 cm³/mol. The molecule has 1 aromatic carbocycles. The average Bonchev–Trinajstić information content (AvgIpc) is 2.72. The van der Waals surface area contributed by atoms with Crippen molar-refractivity contribution in [2.75, 3.05) is 0 Å². The molecule has 4 nitrogen and oxygen atoms in total. The highest BCUT2D eigenvalue weighted by molar-refractivity contribution is 5.62. The first-order valence-electron chi connectivity index (χ1n) is 5.64. The average molecular weight is 232 g/mol. The summed E-state index contributed by atoms with van der Waals surface area (Å²) in [6.07, 6.45) is 0.861. The molecule has 1 aliphatic heterocycles. The summed E-state index contributed by atoms with van der Waals surface area (Å²) in [6.45, 7) is 2.68. The zero-order chi connectivity index (χ0) is 12.0. The van der Waals surface area contributed by atoms with Gasteiger partial charge < -0.3 is 10.3 Å². The number of hydrogen-bond donors (Lipinski definition) is 1. The predicted octanol–water partition coefficient (Wildman–Crippen LogP) is 1.66. The van der Waals surface area contributed by atoms with E-state index in [0.29, 0.717) is 0 Å². The van der Waals surface area contributed by atoms with Crippen molar-refractivity contribution in [3.05, 3.63) is 35.4 Å². The van der Waals surface area contributed by atoms with Crippen molar-refractivity contribution in [1.29, 1.82) is 0 Å². The fourth-order valence-corrected chi connectivity index (χ4v) is 2.28. The summed E-state index contributed by atoms with van der Waals surface area (Å²) in [5.74, 6) is 1.23. The van der Waals surface area contributed by atoms with Gasteiger partial charge in [0.05, 0.1) is 6.04 Å². The summed E-state index contributed by atoms with van der Waals surface area (Å²) in [7, 11) is 0. The molecule has 0 amide bonds. The fourth-order valence-electron chi connectivity index (χ4n) is 2.28. The van der Waals surface area contributed by atoms with Crippen LogP contribution in [0.2, 0.25) is 0 Å². The van der Waals surface area contributed by atoms with Crippen molar-refractivity contribution in [1.82, 2.24) is 14.8 Å². The van der Waals surface area contributed by atoms with Crippen molar-refractivity contribution in [3.8, 4) is 11.4 Å². The second-order valence-corrected chi connectivity index (χ2v) is 4.37. The molecule has 1 aliphatic rings. The van der Waals surface area contributed by atoms with Gasteiger partial charge in [-0.1, -0.05) is 6.07 Å². The minimum absolute atomic E-state index is 0.161. The van der Waals surface area contributed by atoms with Gasteiger partial charge in [-0.25, -0.2) is 4.39 Å². The maximum atomic E-state index is 13.3. The van der Waals surface area contributed by atoms with E-state index < -0.39 is 0 Å². The van der Waals surface area contributed by atoms with Crippen LogP contribution in [0.25, 0.3) is 11.4 Å². The van der Waals surface area contributed by atoms with Crippen LogP contribution in [0.4, 0.5) is 4.39 Å². The highest BCUT2D eigenvalue weighted by Gasteiger charge is 2.22. The van der Waals surface area contributed by atoms with Crippen LogP contribution < -0.4 is 5.73 Å². The Balaban J connectivity index is 2.20. The maximum Gasteiger partial charge on any atom is 0.164 e. The second-order valence-electron chi connectivity index (χ2n) is 4.37. The molecule has 0 saturated heterocycles. The van der Waals surface area contributed by atoms with Crippen LogP contribution >= 0.6 is 0 Å². The van der Waals surface area contributed by atoms with E-state index in [4.69, 9.17) is 5.73 Å². The number of nitrogens with zero attached hydrogens (tertiary/aromatic N) is 3. The molecular weight excluding hydrogens is 219 g/mol. The lowest BCUT2D eigenvalue weighted by Gasteiger charge is -2.19. The molecule has 0 aliphatic carbocycles. The Morgan fingerprint density at radius 2 is 2.24 bits per heavy atom. The quantitative estimate of drug-likeness (QED) is 0.813. The summed E-state index contributed by atoms with van der Waals surface area (Å²) in [4.78, 5) is 0. The van der Waals surface area contributed by atoms with E-state index in [9.17, 15) is 4.39 Å². The third kappa shape index (κ3) is 1.54. The molecule has 2 N–H and O–H groups in total. The van der Waals surface area contributed by atoms with Gasteiger partial charge in [-0.2, -0.15) is 0 Å². The number of rotatable bonds is 1. The van der Waals surface area contributed by atoms with Gasteiger partial charge in [0.2, 0.25) is 0 Å². The molecule has 17 heavy (non-hydrogen) atoms. The molecule has 2 heterocycles. The van der Waals surface area contributed by atoms with Gasteiger partial charge >= 0.3 is 0 Å². The number of aryl methyl sites for hydroxylation is 1. The van der Waals surface area contributed by atoms with E-state index in [0.717, 1.165) is 35.7 Å². The number of benzene rings is 1. The van der Waals surface area contributed by atoms with Crippen molar-refractivity contribution in [2.24, 2.45) is 5.73 Å². The molecule has 0 spiro atoms. The summed E-state index contributed by atoms with van der Waals surface area (Å²) in [6, 6.07) is 4.65. The van der Waals surface area contributed by atoms with Crippen molar-refractivity contribution >= 4 is 0 Å². The normalized spacial score (nSPS) is 15.2. The van der Waals surface area contributed by atoms with Gasteiger partial charge in [-0.05, 0) is 31.0 Å². The second kappa shape index (κ2) is 3.63. The molecule has 0 bridgehead atoms. The molecule has 3 rings (SSSR count). The number of aromatic nitrogens is 3. The molecule has 1 atom stereocenters. The van der Waals surface area contributed by atoms with Crippen LogP contribution in [0.1, 0.15) is 24.4 Å². The Morgan fingerprint density at radius 1 is 1.41 bits per heavy atom. The van der Waals surface area contributed by atoms with E-state index in [1.807, 2.05) is 17.6 Å². The first-order chi connectivity index (χ1) is 8.16. The molecule has 88 valence electrons. The van der Waals surface area contributed by atoms with Crippen molar-refractivity contribution < 1.29 is 4.39 Å². The molecule has 0 saturated carbocycles. The van der Waals surface area contributed by atoms with Crippen LogP contribution in [0.3, 0.4) is 0 Å². The highest BCUT2D eigenvalue weighted by Crippen LogP contribution is 2.30. The van der Waals surface area contributed by atoms with E-state index in [1.165, 1.54) is 12.1 Å². The molecule has 0 radical (unpaired) electrons. The first kappa shape index (κ1) is 10.4. The summed E-state index contributed by atoms with van der Waals surface area (Å²) in [5.41, 5.74) is 7.78. The van der Waals surface area contributed by atoms with E-state index in [2.05, 4.69) is 10.2 Å². The van der Waals surface area contributed by atoms with Crippen molar-refractivity contribution in [2.45, 2.75) is 25.9 Å². The Morgan fingerprint density at radius 3 is 3.00 bits per heavy atom. The monoisotopic (exact) mass is 232 g/mol. The number of hydrogen-bond acceptors (Lipinski definition) is 3. The Labute approximate surface area is 98.3 Å². The smallest absolute Gasteiger partial charge is 0.164 e. The molecule has 2 aromatic rings. The van der Waals surface area contributed by atoms with Crippen molar-refractivity contribution in [3.63, 3.8) is 0 Å². The van der Waals surface area contributed by atoms with Gasteiger partial charge in [0.25, 0.3) is 0 Å². The lowest BCUT2D eigenvalue weighted by molar-refractivity contribution is 0.597. The SMILES string of the molecule is CC(N)c1nnc2n1CCc1ccc(F)cc1-2. The van der Waals surface area contributed by atoms with Crippen LogP contribution in [0, 0.1) is 5.82 Å². The minimum Gasteiger partial charge on any atom is -0.322 e. The Hall–Kier alpha value is -1.75. The van der Waals surface area contributed by atoms with Crippen LogP contribution in [0.15, 0.2) is 18.2 Å². The van der Waals surface area contributed by atoms with E-state index >= 15 is 0 Å². The topological polar surface area (TPSA) is 56.7 Å². The Bertz CT molecular complexity index is 574. The maximum absolute atomic E-state index is 13.3. The summed E-state index contributed by atoms with van der Waals surface area (Å²) < 4.78 is 15.3. The third-order valence-corrected chi connectivity index (χ3v) is 3.10. The molecule has 0 fully saturated rings. The lowest BCUT2D eigenvalue weighted by Crippen LogP contribution is -2.18. The number of halogens is 1. The lowest BCUT2D eigenvalue weighted by atomic mass is 10.0. The number of nitrogens with two attached hydrogens (primary N) is 1. The summed E-state index contributed by atoms with van der Waals surface area (Å²) in [5, 5.41) is 8.22. The fraction of sp³-hybridized carbons (Fsp3) is 0.333. The summed E-state index contributed by atoms with van der Waals surface area (Å²) >= 11 is 0. The molecule has 1 aromatic heterocycles. The Kier molecular flexibility index (Phi) is 2.22. The largest absolute Gasteiger partial charge is 0.322 e. The minimum atomic E-state index is -0.248. The van der Waals surface area contributed by atoms with Gasteiger partial charge in [0, 0.05) is 12.1 Å². The van der Waals surface area contributed by atoms with E-state index in [1.54, 1.807) is 0 Å². The number of fused-ring (bicyclic) bond motifs is 3. The van der Waals surface area contributed by atoms with Crippen LogP contribution in [-0.2, 0) is 13.0 Å².